The van der Waals surface area contributed by atoms with Crippen LogP contribution < -0.4 is 0 Å². The first-order valence-electron chi connectivity index (χ1n) is 8.78. The lowest BCUT2D eigenvalue weighted by Gasteiger charge is -2.47. The van der Waals surface area contributed by atoms with Gasteiger partial charge < -0.3 is 14.5 Å². The molecule has 0 N–H and O–H groups in total. The van der Waals surface area contributed by atoms with Crippen LogP contribution in [0.2, 0.25) is 5.02 Å². The van der Waals surface area contributed by atoms with Gasteiger partial charge >= 0.3 is 0 Å². The summed E-state index contributed by atoms with van der Waals surface area (Å²) in [5.74, 6) is 0.539. The molecule has 6 nitrogen and oxygen atoms in total. The van der Waals surface area contributed by atoms with E-state index < -0.39 is 0 Å². The maximum absolute atomic E-state index is 12.7. The van der Waals surface area contributed by atoms with Gasteiger partial charge in [-0.25, -0.2) is 0 Å². The smallest absolute Gasteiger partial charge is 0.255 e. The Morgan fingerprint density at radius 1 is 1.40 bits per heavy atom. The quantitative estimate of drug-likeness (QED) is 0.751. The number of fused-ring (bicyclic) bond motifs is 1. The normalized spacial score (nSPS) is 23.5. The number of likely N-dealkylation sites (tertiary alicyclic amines) is 2. The molecular weight excluding hydrogens is 342 g/mol. The van der Waals surface area contributed by atoms with Crippen LogP contribution in [0, 0.1) is 5.92 Å². The monoisotopic (exact) mass is 365 g/mol. The predicted molar refractivity (Wildman–Crippen MR) is 94.5 cm³/mol. The Balaban J connectivity index is 1.65. The number of carbonyl (C=O) groups excluding carboxylic acids is 2. The number of halogens is 1. The Morgan fingerprint density at radius 2 is 2.24 bits per heavy atom. The summed E-state index contributed by atoms with van der Waals surface area (Å²) in [5.41, 5.74) is 0.523. The largest absolute Gasteiger partial charge is 0.385 e. The van der Waals surface area contributed by atoms with Crippen LogP contribution in [-0.4, -0.2) is 66.0 Å². The number of methoxy groups -OCH3 is 1. The van der Waals surface area contributed by atoms with Crippen molar-refractivity contribution in [1.29, 1.82) is 0 Å². The van der Waals surface area contributed by atoms with Crippen molar-refractivity contribution in [2.45, 2.75) is 31.7 Å². The van der Waals surface area contributed by atoms with Crippen molar-refractivity contribution >= 4 is 23.4 Å². The van der Waals surface area contributed by atoms with Gasteiger partial charge in [0.2, 0.25) is 5.91 Å². The topological polar surface area (TPSA) is 62.7 Å². The number of hydrogen-bond donors (Lipinski definition) is 0. The summed E-state index contributed by atoms with van der Waals surface area (Å²) < 4.78 is 5.10. The second-order valence-electron chi connectivity index (χ2n) is 6.73. The number of hydrogen-bond acceptors (Lipinski definition) is 4. The van der Waals surface area contributed by atoms with E-state index in [1.165, 1.54) is 6.20 Å². The summed E-state index contributed by atoms with van der Waals surface area (Å²) in [7, 11) is 1.68. The van der Waals surface area contributed by atoms with E-state index in [4.69, 9.17) is 16.3 Å². The summed E-state index contributed by atoms with van der Waals surface area (Å²) in [5, 5.41) is 0.466. The second-order valence-corrected chi connectivity index (χ2v) is 7.17. The fourth-order valence-corrected chi connectivity index (χ4v) is 4.09. The first-order chi connectivity index (χ1) is 12.1. The fourth-order valence-electron chi connectivity index (χ4n) is 3.92. The molecule has 3 heterocycles. The van der Waals surface area contributed by atoms with Gasteiger partial charge in [-0.1, -0.05) is 11.6 Å². The van der Waals surface area contributed by atoms with Crippen LogP contribution in [0.5, 0.6) is 0 Å². The van der Waals surface area contributed by atoms with E-state index in [0.717, 1.165) is 25.8 Å². The van der Waals surface area contributed by atoms with E-state index in [1.54, 1.807) is 19.4 Å². The van der Waals surface area contributed by atoms with E-state index in [2.05, 4.69) is 4.98 Å². The molecular formula is C18H24ClN3O3. The minimum atomic E-state index is -0.0312. The number of carbonyl (C=O) groups is 2. The van der Waals surface area contributed by atoms with Crippen molar-refractivity contribution in [3.8, 4) is 0 Å². The van der Waals surface area contributed by atoms with Gasteiger partial charge in [0, 0.05) is 58.2 Å². The average Bonchev–Trinajstić information content (AvgIpc) is 2.62. The molecule has 0 aliphatic carbocycles. The summed E-state index contributed by atoms with van der Waals surface area (Å²) >= 11 is 5.95. The Bertz CT molecular complexity index is 640. The molecule has 2 aliphatic heterocycles. The standard InChI is InChI=1S/C18H24ClN3O3/c1-25-8-2-6-22-16-5-7-21(12-13(16)3-4-17(22)23)18(24)14-9-15(19)11-20-10-14/h9-11,13,16H,2-8,12H2,1H3/t13-,16+/m0/s1. The first-order valence-corrected chi connectivity index (χ1v) is 9.16. The van der Waals surface area contributed by atoms with E-state index in [9.17, 15) is 9.59 Å². The number of piperidine rings is 2. The molecule has 3 rings (SSSR count). The lowest BCUT2D eigenvalue weighted by Crippen LogP contribution is -2.57. The highest BCUT2D eigenvalue weighted by atomic mass is 35.5. The molecule has 2 aliphatic rings. The van der Waals surface area contributed by atoms with Gasteiger partial charge in [-0.2, -0.15) is 0 Å². The van der Waals surface area contributed by atoms with E-state index in [-0.39, 0.29) is 17.9 Å². The van der Waals surface area contributed by atoms with Crippen molar-refractivity contribution in [3.63, 3.8) is 0 Å². The highest BCUT2D eigenvalue weighted by Crippen LogP contribution is 2.32. The van der Waals surface area contributed by atoms with E-state index >= 15 is 0 Å². The lowest BCUT2D eigenvalue weighted by atomic mass is 9.83. The van der Waals surface area contributed by atoms with Gasteiger partial charge in [0.15, 0.2) is 0 Å². The third kappa shape index (κ3) is 4.12. The van der Waals surface area contributed by atoms with Crippen LogP contribution in [0.3, 0.4) is 0 Å². The number of rotatable bonds is 5. The molecule has 2 amide bonds. The molecule has 136 valence electrons. The van der Waals surface area contributed by atoms with Gasteiger partial charge in [0.05, 0.1) is 10.6 Å². The summed E-state index contributed by atoms with van der Waals surface area (Å²) in [4.78, 5) is 32.9. The fraction of sp³-hybridized carbons (Fsp3) is 0.611. The molecule has 2 atom stereocenters. The zero-order valence-electron chi connectivity index (χ0n) is 14.5. The minimum Gasteiger partial charge on any atom is -0.385 e. The SMILES string of the molecule is COCCCN1C(=O)CC[C@H]2CN(C(=O)c3cncc(Cl)c3)CC[C@H]21. The second kappa shape index (κ2) is 8.15. The molecule has 2 saturated heterocycles. The molecule has 2 fully saturated rings. The van der Waals surface area contributed by atoms with Crippen LogP contribution in [0.4, 0.5) is 0 Å². The van der Waals surface area contributed by atoms with Gasteiger partial charge in [0.1, 0.15) is 0 Å². The van der Waals surface area contributed by atoms with Crippen LogP contribution in [0.1, 0.15) is 36.0 Å². The van der Waals surface area contributed by atoms with Crippen LogP contribution in [-0.2, 0) is 9.53 Å². The Hall–Kier alpha value is -1.66. The van der Waals surface area contributed by atoms with Gasteiger partial charge in [-0.3, -0.25) is 14.6 Å². The van der Waals surface area contributed by atoms with Crippen LogP contribution in [0.15, 0.2) is 18.5 Å². The van der Waals surface area contributed by atoms with Gasteiger partial charge in [-0.05, 0) is 31.2 Å². The maximum Gasteiger partial charge on any atom is 0.255 e. The molecule has 1 aromatic heterocycles. The molecule has 25 heavy (non-hydrogen) atoms. The molecule has 0 radical (unpaired) electrons. The summed E-state index contributed by atoms with van der Waals surface area (Å²) in [6.07, 6.45) is 6.17. The van der Waals surface area contributed by atoms with Crippen molar-refractivity contribution < 1.29 is 14.3 Å². The van der Waals surface area contributed by atoms with Gasteiger partial charge in [-0.15, -0.1) is 0 Å². The Kier molecular flexibility index (Phi) is 5.91. The van der Waals surface area contributed by atoms with Crippen LogP contribution >= 0.6 is 11.6 Å². The van der Waals surface area contributed by atoms with Crippen molar-refractivity contribution in [2.75, 3.05) is 33.4 Å². The van der Waals surface area contributed by atoms with Crippen molar-refractivity contribution in [3.05, 3.63) is 29.0 Å². The predicted octanol–water partition coefficient (Wildman–Crippen LogP) is 2.22. The molecule has 0 unspecified atom stereocenters. The Labute approximate surface area is 153 Å². The molecule has 0 saturated carbocycles. The average molecular weight is 366 g/mol. The maximum atomic E-state index is 12.7. The number of aromatic nitrogens is 1. The third-order valence-electron chi connectivity index (χ3n) is 5.13. The number of ether oxygens (including phenoxy) is 1. The van der Waals surface area contributed by atoms with Gasteiger partial charge in [0.25, 0.3) is 5.91 Å². The Morgan fingerprint density at radius 3 is 3.00 bits per heavy atom. The molecule has 1 aromatic rings. The lowest BCUT2D eigenvalue weighted by molar-refractivity contribution is -0.140. The number of nitrogens with zero attached hydrogens (tertiary/aromatic N) is 3. The summed E-state index contributed by atoms with van der Waals surface area (Å²) in [6, 6.07) is 1.89. The highest BCUT2D eigenvalue weighted by Gasteiger charge is 2.40. The van der Waals surface area contributed by atoms with E-state index in [0.29, 0.717) is 42.6 Å². The van der Waals surface area contributed by atoms with Crippen molar-refractivity contribution in [1.82, 2.24) is 14.8 Å². The molecule has 7 heteroatoms. The number of pyridine rings is 1. The summed E-state index contributed by atoms with van der Waals surface area (Å²) in [6.45, 7) is 2.73. The van der Waals surface area contributed by atoms with Crippen molar-refractivity contribution in [2.24, 2.45) is 5.92 Å². The minimum absolute atomic E-state index is 0.0312. The van der Waals surface area contributed by atoms with Crippen LogP contribution in [0.25, 0.3) is 0 Å². The molecule has 0 bridgehead atoms. The number of amides is 2. The molecule has 0 spiro atoms. The highest BCUT2D eigenvalue weighted by molar-refractivity contribution is 6.30. The zero-order chi connectivity index (χ0) is 17.8. The molecule has 0 aromatic carbocycles. The first kappa shape index (κ1) is 18.1. The zero-order valence-corrected chi connectivity index (χ0v) is 15.2. The van der Waals surface area contributed by atoms with E-state index in [1.807, 2.05) is 9.80 Å². The third-order valence-corrected chi connectivity index (χ3v) is 5.34.